The summed E-state index contributed by atoms with van der Waals surface area (Å²) in [6, 6.07) is 0.841. The average Bonchev–Trinajstić information content (AvgIpc) is 2.09. The van der Waals surface area contributed by atoms with E-state index in [1.807, 2.05) is 0 Å². The molecular weight excluding hydrogens is 148 g/mol. The van der Waals surface area contributed by atoms with Gasteiger partial charge in [0.05, 0.1) is 0 Å². The van der Waals surface area contributed by atoms with E-state index < -0.39 is 0 Å². The summed E-state index contributed by atoms with van der Waals surface area (Å²) in [5.41, 5.74) is 0. The highest BCUT2D eigenvalue weighted by Crippen LogP contribution is 1.99. The molecule has 1 fully saturated rings. The topological polar surface area (TPSA) is 24.1 Å². The van der Waals surface area contributed by atoms with Gasteiger partial charge in [-0.3, -0.25) is 0 Å². The Bertz CT molecular complexity index is 177. The van der Waals surface area contributed by atoms with Crippen LogP contribution in [-0.4, -0.2) is 25.2 Å². The van der Waals surface area contributed by atoms with Gasteiger partial charge in [0.2, 0.25) is 0 Å². The van der Waals surface area contributed by atoms with Crippen LogP contribution in [0.15, 0.2) is 0 Å². The lowest BCUT2D eigenvalue weighted by Crippen LogP contribution is -2.53. The second kappa shape index (κ2) is 4.83. The summed E-state index contributed by atoms with van der Waals surface area (Å²) >= 11 is 0. The van der Waals surface area contributed by atoms with Crippen molar-refractivity contribution in [1.82, 2.24) is 10.6 Å². The maximum atomic E-state index is 5.20. The molecule has 0 spiro atoms. The van der Waals surface area contributed by atoms with Gasteiger partial charge >= 0.3 is 0 Å². The minimum absolute atomic E-state index is 0.420. The summed E-state index contributed by atoms with van der Waals surface area (Å²) in [6.45, 7) is 1.85. The average molecular weight is 162 g/mol. The third kappa shape index (κ3) is 2.58. The molecular formula is C10H14N2. The van der Waals surface area contributed by atoms with Gasteiger partial charge in [-0.2, -0.15) is 0 Å². The van der Waals surface area contributed by atoms with E-state index in [1.165, 1.54) is 0 Å². The third-order valence-electron chi connectivity index (χ3n) is 2.03. The molecule has 0 saturated carbocycles. The molecule has 0 bridgehead atoms. The molecule has 2 heteroatoms. The van der Waals surface area contributed by atoms with Gasteiger partial charge in [-0.15, -0.1) is 24.7 Å². The normalized spacial score (nSPS) is 28.8. The van der Waals surface area contributed by atoms with Gasteiger partial charge in [0.15, 0.2) is 0 Å². The van der Waals surface area contributed by atoms with Crippen molar-refractivity contribution in [2.45, 2.75) is 24.9 Å². The number of rotatable bonds is 2. The summed E-state index contributed by atoms with van der Waals surface area (Å²) in [6.07, 6.45) is 12.0. The van der Waals surface area contributed by atoms with Crippen LogP contribution in [0.2, 0.25) is 0 Å². The van der Waals surface area contributed by atoms with Crippen LogP contribution in [-0.2, 0) is 0 Å². The van der Waals surface area contributed by atoms with Gasteiger partial charge in [-0.1, -0.05) is 0 Å². The van der Waals surface area contributed by atoms with Gasteiger partial charge in [-0.05, 0) is 0 Å². The first-order valence-corrected chi connectivity index (χ1v) is 4.20. The summed E-state index contributed by atoms with van der Waals surface area (Å²) in [5, 5.41) is 6.71. The minimum Gasteiger partial charge on any atom is -0.310 e. The van der Waals surface area contributed by atoms with Crippen LogP contribution in [0.1, 0.15) is 12.8 Å². The Balaban J connectivity index is 2.22. The zero-order chi connectivity index (χ0) is 8.81. The number of piperazine rings is 1. The van der Waals surface area contributed by atoms with Crippen molar-refractivity contribution in [1.29, 1.82) is 0 Å². The van der Waals surface area contributed by atoms with Gasteiger partial charge in [-0.25, -0.2) is 0 Å². The Kier molecular flexibility index (Phi) is 3.67. The van der Waals surface area contributed by atoms with E-state index in [9.17, 15) is 0 Å². The van der Waals surface area contributed by atoms with Crippen molar-refractivity contribution < 1.29 is 0 Å². The zero-order valence-electron chi connectivity index (χ0n) is 7.14. The standard InChI is InChI=1S/C10H14N2/c1-3-5-9-7-12-10(6-4-2)8-11-9/h1-2,9-12H,5-8H2. The van der Waals surface area contributed by atoms with Gasteiger partial charge in [0.1, 0.15) is 0 Å². The fraction of sp³-hybridized carbons (Fsp3) is 0.600. The van der Waals surface area contributed by atoms with Crippen molar-refractivity contribution in [3.05, 3.63) is 0 Å². The predicted octanol–water partition coefficient (Wildman–Crippen LogP) is -0.0370. The van der Waals surface area contributed by atoms with E-state index >= 15 is 0 Å². The van der Waals surface area contributed by atoms with Crippen molar-refractivity contribution in [3.63, 3.8) is 0 Å². The second-order valence-corrected chi connectivity index (χ2v) is 3.03. The molecule has 1 aliphatic rings. The van der Waals surface area contributed by atoms with E-state index in [0.717, 1.165) is 25.9 Å². The van der Waals surface area contributed by atoms with E-state index in [0.29, 0.717) is 12.1 Å². The predicted molar refractivity (Wildman–Crippen MR) is 50.5 cm³/mol. The first-order valence-electron chi connectivity index (χ1n) is 4.20. The van der Waals surface area contributed by atoms with Crippen molar-refractivity contribution in [2.75, 3.05) is 13.1 Å². The maximum absolute atomic E-state index is 5.20. The summed E-state index contributed by atoms with van der Waals surface area (Å²) in [7, 11) is 0. The van der Waals surface area contributed by atoms with Gasteiger partial charge in [0.25, 0.3) is 0 Å². The zero-order valence-corrected chi connectivity index (χ0v) is 7.14. The molecule has 1 heterocycles. The summed E-state index contributed by atoms with van der Waals surface area (Å²) < 4.78 is 0. The van der Waals surface area contributed by atoms with Crippen molar-refractivity contribution in [3.8, 4) is 24.7 Å². The number of terminal acetylenes is 2. The highest BCUT2D eigenvalue weighted by Gasteiger charge is 2.17. The maximum Gasteiger partial charge on any atom is 0.0302 e. The Morgan fingerprint density at radius 1 is 1.00 bits per heavy atom. The Morgan fingerprint density at radius 2 is 1.42 bits per heavy atom. The number of hydrogen-bond acceptors (Lipinski definition) is 2. The fourth-order valence-corrected chi connectivity index (χ4v) is 1.34. The lowest BCUT2D eigenvalue weighted by molar-refractivity contribution is 0.352. The quantitative estimate of drug-likeness (QED) is 0.557. The van der Waals surface area contributed by atoms with Crippen LogP contribution in [0, 0.1) is 24.7 Å². The molecule has 0 radical (unpaired) electrons. The lowest BCUT2D eigenvalue weighted by atomic mass is 10.1. The Labute approximate surface area is 74.1 Å². The monoisotopic (exact) mass is 162 g/mol. The van der Waals surface area contributed by atoms with Gasteiger partial charge < -0.3 is 10.6 Å². The third-order valence-corrected chi connectivity index (χ3v) is 2.03. The van der Waals surface area contributed by atoms with Crippen LogP contribution in [0.25, 0.3) is 0 Å². The molecule has 1 rings (SSSR count). The molecule has 0 aromatic carbocycles. The highest BCUT2D eigenvalue weighted by molar-refractivity contribution is 4.97. The SMILES string of the molecule is C#CCC1CNC(CC#C)CN1. The van der Waals surface area contributed by atoms with Gasteiger partial charge in [0, 0.05) is 38.0 Å². The molecule has 0 aromatic rings. The molecule has 2 nitrogen and oxygen atoms in total. The van der Waals surface area contributed by atoms with E-state index in [1.54, 1.807) is 0 Å². The lowest BCUT2D eigenvalue weighted by Gasteiger charge is -2.29. The first kappa shape index (κ1) is 9.13. The summed E-state index contributed by atoms with van der Waals surface area (Å²) in [5.74, 6) is 5.28. The van der Waals surface area contributed by atoms with Crippen LogP contribution >= 0.6 is 0 Å². The highest BCUT2D eigenvalue weighted by atomic mass is 15.1. The minimum atomic E-state index is 0.420. The smallest absolute Gasteiger partial charge is 0.0302 e. The molecule has 12 heavy (non-hydrogen) atoms. The molecule has 1 saturated heterocycles. The molecule has 64 valence electrons. The Hall–Kier alpha value is -0.960. The summed E-state index contributed by atoms with van der Waals surface area (Å²) in [4.78, 5) is 0. The van der Waals surface area contributed by atoms with Crippen LogP contribution in [0.5, 0.6) is 0 Å². The van der Waals surface area contributed by atoms with E-state index in [4.69, 9.17) is 12.8 Å². The molecule has 2 N–H and O–H groups in total. The molecule has 0 aromatic heterocycles. The molecule has 0 amide bonds. The fourth-order valence-electron chi connectivity index (χ4n) is 1.34. The number of nitrogens with one attached hydrogen (secondary N) is 2. The van der Waals surface area contributed by atoms with Crippen LogP contribution in [0.3, 0.4) is 0 Å². The van der Waals surface area contributed by atoms with Crippen LogP contribution in [0.4, 0.5) is 0 Å². The molecule has 2 unspecified atom stereocenters. The molecule has 0 aliphatic carbocycles. The largest absolute Gasteiger partial charge is 0.310 e. The van der Waals surface area contributed by atoms with E-state index in [-0.39, 0.29) is 0 Å². The Morgan fingerprint density at radius 3 is 1.67 bits per heavy atom. The first-order chi connectivity index (χ1) is 5.86. The van der Waals surface area contributed by atoms with Crippen molar-refractivity contribution >= 4 is 0 Å². The molecule has 2 atom stereocenters. The van der Waals surface area contributed by atoms with Crippen molar-refractivity contribution in [2.24, 2.45) is 0 Å². The van der Waals surface area contributed by atoms with E-state index in [2.05, 4.69) is 22.5 Å². The van der Waals surface area contributed by atoms with Crippen LogP contribution < -0.4 is 10.6 Å². The number of hydrogen-bond donors (Lipinski definition) is 2. The second-order valence-electron chi connectivity index (χ2n) is 3.03. The molecule has 1 aliphatic heterocycles.